The molecule has 0 aromatic carbocycles. The molecule has 0 amide bonds. The van der Waals surface area contributed by atoms with E-state index in [-0.39, 0.29) is 0 Å². The van der Waals surface area contributed by atoms with Crippen molar-refractivity contribution in [2.24, 2.45) is 0 Å². The zero-order valence-electron chi connectivity index (χ0n) is 4.59. The van der Waals surface area contributed by atoms with E-state index >= 15 is 0 Å². The van der Waals surface area contributed by atoms with Crippen LogP contribution < -0.4 is 5.32 Å². The molecule has 0 aliphatic heterocycles. The molecule has 0 saturated heterocycles. The third kappa shape index (κ3) is 2.31. The van der Waals surface area contributed by atoms with Gasteiger partial charge in [0, 0.05) is 0 Å². The molecule has 0 saturated carbocycles. The van der Waals surface area contributed by atoms with E-state index < -0.39 is 12.0 Å². The number of rotatable bonds is 3. The summed E-state index contributed by atoms with van der Waals surface area (Å²) in [6, 6.07) is -0.407. The summed E-state index contributed by atoms with van der Waals surface area (Å²) in [5.41, 5.74) is 0. The molecule has 1 atom stereocenters. The van der Waals surface area contributed by atoms with Crippen molar-refractivity contribution in [2.45, 2.75) is 11.4 Å². The summed E-state index contributed by atoms with van der Waals surface area (Å²) in [6.07, 6.45) is 0. The number of hydrogen-bond acceptors (Lipinski definition) is 2. The number of likely N-dealkylation sites (N-methyl/N-ethyl adjacent to an activating group) is 1. The summed E-state index contributed by atoms with van der Waals surface area (Å²) >= 11 is 2.23. The van der Waals surface area contributed by atoms with Crippen LogP contribution in [0.2, 0.25) is 5.32 Å². The molecule has 0 radical (unpaired) electrons. The van der Waals surface area contributed by atoms with Gasteiger partial charge in [0.25, 0.3) is 0 Å². The maximum atomic E-state index is 10.1. The third-order valence-corrected chi connectivity index (χ3v) is 1.60. The summed E-state index contributed by atoms with van der Waals surface area (Å²) in [6.45, 7) is 0. The fraction of sp³-hybridized carbons (Fsp3) is 0.750. The summed E-state index contributed by atoms with van der Waals surface area (Å²) in [5.74, 6) is -0.798. The van der Waals surface area contributed by atoms with E-state index in [1.165, 1.54) is 0 Å². The predicted octanol–water partition coefficient (Wildman–Crippen LogP) is -1.02. The van der Waals surface area contributed by atoms with Crippen molar-refractivity contribution in [1.82, 2.24) is 5.32 Å². The van der Waals surface area contributed by atoms with Gasteiger partial charge >= 0.3 is 55.6 Å². The Labute approximate surface area is 56.3 Å². The van der Waals surface area contributed by atoms with E-state index in [1.807, 2.05) is 0 Å². The van der Waals surface area contributed by atoms with Crippen LogP contribution in [0.3, 0.4) is 0 Å². The molecule has 0 spiro atoms. The van der Waals surface area contributed by atoms with Gasteiger partial charge in [-0.05, 0) is 0 Å². The first-order chi connectivity index (χ1) is 3.72. The van der Waals surface area contributed by atoms with Gasteiger partial charge in [0.2, 0.25) is 0 Å². The van der Waals surface area contributed by atoms with Gasteiger partial charge in [-0.2, -0.15) is 0 Å². The molecule has 0 unspecified atom stereocenters. The predicted molar refractivity (Wildman–Crippen MR) is 32.4 cm³/mol. The first-order valence-electron chi connectivity index (χ1n) is 2.23. The van der Waals surface area contributed by atoms with Gasteiger partial charge in [0.15, 0.2) is 0 Å². The molecule has 8 heavy (non-hydrogen) atoms. The van der Waals surface area contributed by atoms with Crippen LogP contribution in [0, 0.1) is 0 Å². The molecular formula is C4H9NO2Se. The summed E-state index contributed by atoms with van der Waals surface area (Å²) in [7, 11) is 1.63. The Morgan fingerprint density at radius 1 is 2.00 bits per heavy atom. The Balaban J connectivity index is 3.52. The van der Waals surface area contributed by atoms with E-state index in [0.29, 0.717) is 5.32 Å². The molecule has 0 aromatic rings. The SMILES string of the molecule is CN[C@@H](C[SeH])C(=O)O. The molecule has 0 fully saturated rings. The van der Waals surface area contributed by atoms with Crippen LogP contribution in [-0.2, 0) is 4.79 Å². The molecule has 3 nitrogen and oxygen atoms in total. The monoisotopic (exact) mass is 183 g/mol. The van der Waals surface area contributed by atoms with Crippen LogP contribution in [0.5, 0.6) is 0 Å². The van der Waals surface area contributed by atoms with Crippen molar-refractivity contribution in [3.05, 3.63) is 0 Å². The molecule has 0 aliphatic carbocycles. The molecule has 48 valence electrons. The van der Waals surface area contributed by atoms with Crippen LogP contribution in [0.15, 0.2) is 0 Å². The number of nitrogens with one attached hydrogen (secondary N) is 1. The molecule has 0 aromatic heterocycles. The summed E-state index contributed by atoms with van der Waals surface area (Å²) in [5, 5.41) is 11.5. The Bertz CT molecular complexity index is 82.1. The zero-order chi connectivity index (χ0) is 6.57. The second-order valence-electron chi connectivity index (χ2n) is 1.36. The van der Waals surface area contributed by atoms with Gasteiger partial charge in [-0.15, -0.1) is 0 Å². The average Bonchev–Trinajstić information content (AvgIpc) is 1.69. The Kier molecular flexibility index (Phi) is 3.87. The van der Waals surface area contributed by atoms with Gasteiger partial charge in [0.1, 0.15) is 0 Å². The standard InChI is InChI=1S/C4H9NO2Se/c1-5-3(2-8)4(6)7/h3,5,8H,2H2,1H3,(H,6,7)/t3-/m0/s1. The van der Waals surface area contributed by atoms with Crippen molar-refractivity contribution >= 4 is 22.0 Å². The first kappa shape index (κ1) is 7.95. The number of aliphatic carboxylic acids is 1. The minimum absolute atomic E-state index is 0.407. The zero-order valence-corrected chi connectivity index (χ0v) is 6.46. The summed E-state index contributed by atoms with van der Waals surface area (Å²) in [4.78, 5) is 10.1. The minimum atomic E-state index is -0.798. The molecule has 0 heterocycles. The number of carbonyl (C=O) groups is 1. The van der Waals surface area contributed by atoms with E-state index in [9.17, 15) is 4.79 Å². The molecule has 0 rings (SSSR count). The Hall–Kier alpha value is -0.0505. The van der Waals surface area contributed by atoms with E-state index in [1.54, 1.807) is 7.05 Å². The quantitative estimate of drug-likeness (QED) is 0.549. The average molecular weight is 182 g/mol. The number of carboxylic acid groups (broad SMARTS) is 1. The first-order valence-corrected chi connectivity index (χ1v) is 3.56. The number of hydrogen-bond donors (Lipinski definition) is 2. The normalized spacial score (nSPS) is 13.2. The Morgan fingerprint density at radius 3 is 2.50 bits per heavy atom. The topological polar surface area (TPSA) is 49.3 Å². The van der Waals surface area contributed by atoms with Crippen molar-refractivity contribution in [3.63, 3.8) is 0 Å². The van der Waals surface area contributed by atoms with Gasteiger partial charge < -0.3 is 0 Å². The number of carboxylic acids is 1. The van der Waals surface area contributed by atoms with Crippen molar-refractivity contribution < 1.29 is 9.90 Å². The van der Waals surface area contributed by atoms with E-state index in [2.05, 4.69) is 21.3 Å². The Morgan fingerprint density at radius 2 is 2.50 bits per heavy atom. The van der Waals surface area contributed by atoms with Crippen molar-refractivity contribution in [1.29, 1.82) is 0 Å². The van der Waals surface area contributed by atoms with Crippen LogP contribution in [0.4, 0.5) is 0 Å². The molecule has 2 N–H and O–H groups in total. The van der Waals surface area contributed by atoms with E-state index in [4.69, 9.17) is 5.11 Å². The third-order valence-electron chi connectivity index (χ3n) is 0.829. The van der Waals surface area contributed by atoms with E-state index in [0.717, 1.165) is 0 Å². The fourth-order valence-corrected chi connectivity index (χ4v) is 1.00. The van der Waals surface area contributed by atoms with Crippen molar-refractivity contribution in [2.75, 3.05) is 7.05 Å². The molecule has 4 heteroatoms. The van der Waals surface area contributed by atoms with Gasteiger partial charge in [-0.1, -0.05) is 0 Å². The van der Waals surface area contributed by atoms with Crippen LogP contribution >= 0.6 is 0 Å². The van der Waals surface area contributed by atoms with Crippen LogP contribution in [-0.4, -0.2) is 40.2 Å². The molecule has 0 bridgehead atoms. The molecular weight excluding hydrogens is 173 g/mol. The maximum absolute atomic E-state index is 10.1. The van der Waals surface area contributed by atoms with Gasteiger partial charge in [-0.25, -0.2) is 0 Å². The second kappa shape index (κ2) is 3.89. The van der Waals surface area contributed by atoms with Crippen molar-refractivity contribution in [3.8, 4) is 0 Å². The fourth-order valence-electron chi connectivity index (χ4n) is 0.293. The second-order valence-corrected chi connectivity index (χ2v) is 2.13. The van der Waals surface area contributed by atoms with Crippen LogP contribution in [0.1, 0.15) is 0 Å². The van der Waals surface area contributed by atoms with Gasteiger partial charge in [-0.3, -0.25) is 0 Å². The van der Waals surface area contributed by atoms with Crippen LogP contribution in [0.25, 0.3) is 0 Å². The van der Waals surface area contributed by atoms with Gasteiger partial charge in [0.05, 0.1) is 0 Å². The summed E-state index contributed by atoms with van der Waals surface area (Å²) < 4.78 is 0. The molecule has 0 aliphatic rings.